The molecular formula is C19H17ClN2O6. The number of esters is 1. The van der Waals surface area contributed by atoms with Gasteiger partial charge in [0.05, 0.1) is 38.1 Å². The molecule has 0 fully saturated rings. The average molecular weight is 405 g/mol. The molecular weight excluding hydrogens is 388 g/mol. The van der Waals surface area contributed by atoms with E-state index in [1.165, 1.54) is 51.7 Å². The van der Waals surface area contributed by atoms with E-state index in [4.69, 9.17) is 35.8 Å². The molecule has 0 aliphatic heterocycles. The highest BCUT2D eigenvalue weighted by Crippen LogP contribution is 2.38. The maximum atomic E-state index is 12.3. The molecule has 0 radical (unpaired) electrons. The third-order valence-electron chi connectivity index (χ3n) is 3.61. The quantitative estimate of drug-likeness (QED) is 0.706. The zero-order valence-electron chi connectivity index (χ0n) is 15.4. The minimum Gasteiger partial charge on any atom is -0.493 e. The first-order chi connectivity index (χ1) is 13.4. The Balaban J connectivity index is 2.09. The summed E-state index contributed by atoms with van der Waals surface area (Å²) in [5, 5.41) is 11.9. The number of nitrogens with one attached hydrogen (secondary N) is 1. The molecule has 0 heterocycles. The van der Waals surface area contributed by atoms with Crippen LogP contribution in [0.4, 0.5) is 5.69 Å². The van der Waals surface area contributed by atoms with Gasteiger partial charge in [-0.15, -0.1) is 0 Å². The number of halogens is 1. The summed E-state index contributed by atoms with van der Waals surface area (Å²) in [6, 6.07) is 9.18. The molecule has 8 nitrogen and oxygen atoms in total. The molecule has 1 N–H and O–H groups in total. The van der Waals surface area contributed by atoms with Gasteiger partial charge in [-0.3, -0.25) is 4.79 Å². The summed E-state index contributed by atoms with van der Waals surface area (Å²) >= 11 is 5.87. The molecule has 2 aromatic carbocycles. The van der Waals surface area contributed by atoms with Gasteiger partial charge < -0.3 is 24.3 Å². The number of hydrogen-bond acceptors (Lipinski definition) is 7. The zero-order valence-corrected chi connectivity index (χ0v) is 16.1. The zero-order chi connectivity index (χ0) is 20.7. The highest BCUT2D eigenvalue weighted by atomic mass is 35.5. The van der Waals surface area contributed by atoms with Crippen molar-refractivity contribution in [3.8, 4) is 23.3 Å². The molecule has 0 aromatic heterocycles. The number of nitriles is 1. The maximum absolute atomic E-state index is 12.3. The molecule has 0 atom stereocenters. The Hall–Kier alpha value is -3.44. The molecule has 0 saturated heterocycles. The lowest BCUT2D eigenvalue weighted by atomic mass is 10.2. The Bertz CT molecular complexity index is 914. The molecule has 0 bridgehead atoms. The van der Waals surface area contributed by atoms with Crippen LogP contribution in [0.25, 0.3) is 0 Å². The lowest BCUT2D eigenvalue weighted by Gasteiger charge is -2.14. The standard InChI is InChI=1S/C19H17ClN2O6/c1-25-15-6-12(7-16(26-2)18(15)27-3)19(24)28-10-17(23)22-14-8-13(20)5-4-11(14)9-21/h4-8H,10H2,1-3H3,(H,22,23). The normalized spacial score (nSPS) is 9.82. The summed E-state index contributed by atoms with van der Waals surface area (Å²) in [4.78, 5) is 24.4. The monoisotopic (exact) mass is 404 g/mol. The molecule has 28 heavy (non-hydrogen) atoms. The Kier molecular flexibility index (Phi) is 7.07. The number of rotatable bonds is 7. The lowest BCUT2D eigenvalue weighted by molar-refractivity contribution is -0.119. The Morgan fingerprint density at radius 2 is 1.71 bits per heavy atom. The van der Waals surface area contributed by atoms with E-state index < -0.39 is 18.5 Å². The van der Waals surface area contributed by atoms with Gasteiger partial charge in [0.25, 0.3) is 5.91 Å². The van der Waals surface area contributed by atoms with Crippen molar-refractivity contribution in [3.63, 3.8) is 0 Å². The Morgan fingerprint density at radius 3 is 2.25 bits per heavy atom. The van der Waals surface area contributed by atoms with E-state index in [9.17, 15) is 9.59 Å². The van der Waals surface area contributed by atoms with Gasteiger partial charge in [-0.05, 0) is 30.3 Å². The molecule has 0 aliphatic rings. The molecule has 0 unspecified atom stereocenters. The Labute approximate surface area is 166 Å². The van der Waals surface area contributed by atoms with Gasteiger partial charge in [-0.2, -0.15) is 5.26 Å². The lowest BCUT2D eigenvalue weighted by Crippen LogP contribution is -2.21. The molecule has 0 saturated carbocycles. The molecule has 1 amide bonds. The van der Waals surface area contributed by atoms with Crippen molar-refractivity contribution in [2.75, 3.05) is 33.3 Å². The first kappa shape index (κ1) is 20.9. The number of hydrogen-bond donors (Lipinski definition) is 1. The van der Waals surface area contributed by atoms with Gasteiger partial charge in [0.1, 0.15) is 6.07 Å². The predicted octanol–water partition coefficient (Wildman–Crippen LogP) is 3.03. The van der Waals surface area contributed by atoms with Crippen molar-refractivity contribution < 1.29 is 28.5 Å². The van der Waals surface area contributed by atoms with Gasteiger partial charge in [-0.25, -0.2) is 4.79 Å². The summed E-state index contributed by atoms with van der Waals surface area (Å²) in [5.74, 6) is -0.517. The number of methoxy groups -OCH3 is 3. The first-order valence-electron chi connectivity index (χ1n) is 7.90. The second kappa shape index (κ2) is 9.48. The SMILES string of the molecule is COc1cc(C(=O)OCC(=O)Nc2cc(Cl)ccc2C#N)cc(OC)c1OC. The van der Waals surface area contributed by atoms with Crippen molar-refractivity contribution in [2.24, 2.45) is 0 Å². The smallest absolute Gasteiger partial charge is 0.338 e. The second-order valence-electron chi connectivity index (χ2n) is 5.34. The minimum atomic E-state index is -0.763. The minimum absolute atomic E-state index is 0.114. The molecule has 146 valence electrons. The number of carbonyl (C=O) groups is 2. The number of nitrogens with zero attached hydrogens (tertiary/aromatic N) is 1. The number of carbonyl (C=O) groups excluding carboxylic acids is 2. The molecule has 2 aromatic rings. The van der Waals surface area contributed by atoms with Crippen LogP contribution < -0.4 is 19.5 Å². The summed E-state index contributed by atoms with van der Waals surface area (Å²) in [7, 11) is 4.27. The van der Waals surface area contributed by atoms with Gasteiger partial charge in [0.2, 0.25) is 5.75 Å². The van der Waals surface area contributed by atoms with E-state index in [-0.39, 0.29) is 28.3 Å². The van der Waals surface area contributed by atoms with Gasteiger partial charge in [0, 0.05) is 5.02 Å². The van der Waals surface area contributed by atoms with E-state index in [1.54, 1.807) is 0 Å². The number of ether oxygens (including phenoxy) is 4. The summed E-state index contributed by atoms with van der Waals surface area (Å²) < 4.78 is 20.6. The predicted molar refractivity (Wildman–Crippen MR) is 101 cm³/mol. The van der Waals surface area contributed by atoms with Crippen LogP contribution in [0.5, 0.6) is 17.2 Å². The fourth-order valence-corrected chi connectivity index (χ4v) is 2.49. The first-order valence-corrected chi connectivity index (χ1v) is 8.28. The van der Waals surface area contributed by atoms with E-state index >= 15 is 0 Å². The van der Waals surface area contributed by atoms with Crippen LogP contribution in [0.1, 0.15) is 15.9 Å². The highest BCUT2D eigenvalue weighted by molar-refractivity contribution is 6.31. The molecule has 9 heteroatoms. The highest BCUT2D eigenvalue weighted by Gasteiger charge is 2.19. The molecule has 2 rings (SSSR count). The third-order valence-corrected chi connectivity index (χ3v) is 3.85. The van der Waals surface area contributed by atoms with Crippen LogP contribution in [-0.4, -0.2) is 39.8 Å². The fraction of sp³-hybridized carbons (Fsp3) is 0.211. The van der Waals surface area contributed by atoms with E-state index in [1.807, 2.05) is 6.07 Å². The van der Waals surface area contributed by atoms with Crippen molar-refractivity contribution >= 4 is 29.2 Å². The van der Waals surface area contributed by atoms with Crippen molar-refractivity contribution in [2.45, 2.75) is 0 Å². The van der Waals surface area contributed by atoms with Gasteiger partial charge in [0.15, 0.2) is 18.1 Å². The Morgan fingerprint density at radius 1 is 1.07 bits per heavy atom. The van der Waals surface area contributed by atoms with E-state index in [2.05, 4.69) is 5.32 Å². The van der Waals surface area contributed by atoms with Crippen molar-refractivity contribution in [1.82, 2.24) is 0 Å². The third kappa shape index (κ3) is 4.84. The van der Waals surface area contributed by atoms with Crippen LogP contribution >= 0.6 is 11.6 Å². The van der Waals surface area contributed by atoms with Crippen LogP contribution in [0.2, 0.25) is 5.02 Å². The summed E-state index contributed by atoms with van der Waals surface area (Å²) in [6.45, 7) is -0.563. The molecule has 0 aliphatic carbocycles. The second-order valence-corrected chi connectivity index (χ2v) is 5.78. The van der Waals surface area contributed by atoms with Gasteiger partial charge >= 0.3 is 5.97 Å². The van der Waals surface area contributed by atoms with Crippen LogP contribution in [0.15, 0.2) is 30.3 Å². The maximum Gasteiger partial charge on any atom is 0.338 e. The fourth-order valence-electron chi connectivity index (χ4n) is 2.32. The summed E-state index contributed by atoms with van der Waals surface area (Å²) in [5.41, 5.74) is 0.570. The number of benzene rings is 2. The van der Waals surface area contributed by atoms with Gasteiger partial charge in [-0.1, -0.05) is 11.6 Å². The molecule has 0 spiro atoms. The number of anilines is 1. The van der Waals surface area contributed by atoms with Crippen molar-refractivity contribution in [3.05, 3.63) is 46.5 Å². The topological polar surface area (TPSA) is 107 Å². The van der Waals surface area contributed by atoms with Crippen LogP contribution in [0.3, 0.4) is 0 Å². The summed E-state index contributed by atoms with van der Waals surface area (Å²) in [6.07, 6.45) is 0. The average Bonchev–Trinajstić information content (AvgIpc) is 2.70. The van der Waals surface area contributed by atoms with Crippen molar-refractivity contribution in [1.29, 1.82) is 5.26 Å². The number of amides is 1. The van der Waals surface area contributed by atoms with E-state index in [0.29, 0.717) is 10.8 Å². The van der Waals surface area contributed by atoms with Crippen LogP contribution in [-0.2, 0) is 9.53 Å². The van der Waals surface area contributed by atoms with Crippen LogP contribution in [0, 0.1) is 11.3 Å². The van der Waals surface area contributed by atoms with E-state index in [0.717, 1.165) is 0 Å². The largest absolute Gasteiger partial charge is 0.493 e.